The van der Waals surface area contributed by atoms with Crippen molar-refractivity contribution in [1.82, 2.24) is 19.7 Å². The third kappa shape index (κ3) is 6.10. The number of amides is 2. The van der Waals surface area contributed by atoms with Crippen molar-refractivity contribution in [1.29, 1.82) is 0 Å². The highest BCUT2D eigenvalue weighted by Crippen LogP contribution is 2.25. The first kappa shape index (κ1) is 22.4. The molecule has 0 saturated carbocycles. The number of aromatic nitrogens is 1. The standard InChI is InChI=1S/C22H31N5O2S/c1-4-27(5-2)21(29)15-26-12-10-25(11-13-26)14-20(28)24-22-23-19(16-30-22)18-8-6-17(3)7-9-18/h6-9,16H,4-5,10-15H2,1-3H3,(H,23,24,28). The fraction of sp³-hybridized carbons (Fsp3) is 0.500. The van der Waals surface area contributed by atoms with Crippen molar-refractivity contribution in [3.05, 3.63) is 35.2 Å². The van der Waals surface area contributed by atoms with E-state index in [9.17, 15) is 9.59 Å². The van der Waals surface area contributed by atoms with Crippen molar-refractivity contribution in [2.45, 2.75) is 20.8 Å². The maximum Gasteiger partial charge on any atom is 0.240 e. The summed E-state index contributed by atoms with van der Waals surface area (Å²) in [6.45, 7) is 11.5. The Morgan fingerprint density at radius 3 is 2.23 bits per heavy atom. The van der Waals surface area contributed by atoms with Gasteiger partial charge in [-0.1, -0.05) is 29.8 Å². The van der Waals surface area contributed by atoms with E-state index in [1.165, 1.54) is 16.9 Å². The maximum atomic E-state index is 12.4. The molecule has 0 bridgehead atoms. The van der Waals surface area contributed by atoms with Gasteiger partial charge in [-0.15, -0.1) is 11.3 Å². The fourth-order valence-corrected chi connectivity index (χ4v) is 4.26. The number of carbonyl (C=O) groups is 2. The molecule has 1 aliphatic heterocycles. The van der Waals surface area contributed by atoms with Crippen molar-refractivity contribution in [2.24, 2.45) is 0 Å². The molecule has 2 amide bonds. The zero-order valence-corrected chi connectivity index (χ0v) is 18.9. The lowest BCUT2D eigenvalue weighted by Gasteiger charge is -2.34. The van der Waals surface area contributed by atoms with E-state index in [1.54, 1.807) is 0 Å². The molecule has 8 heteroatoms. The lowest BCUT2D eigenvalue weighted by atomic mass is 10.1. The zero-order chi connectivity index (χ0) is 21.5. The van der Waals surface area contributed by atoms with Crippen molar-refractivity contribution >= 4 is 28.3 Å². The van der Waals surface area contributed by atoms with E-state index in [0.717, 1.165) is 50.5 Å². The number of thiazole rings is 1. The van der Waals surface area contributed by atoms with Gasteiger partial charge in [0, 0.05) is 50.2 Å². The first-order chi connectivity index (χ1) is 14.5. The zero-order valence-electron chi connectivity index (χ0n) is 18.1. The van der Waals surface area contributed by atoms with E-state index in [-0.39, 0.29) is 11.8 Å². The van der Waals surface area contributed by atoms with Crippen molar-refractivity contribution in [3.63, 3.8) is 0 Å². The summed E-state index contributed by atoms with van der Waals surface area (Å²) in [6.07, 6.45) is 0. The molecule has 1 aliphatic rings. The van der Waals surface area contributed by atoms with Gasteiger partial charge in [-0.05, 0) is 20.8 Å². The molecular formula is C22H31N5O2S. The van der Waals surface area contributed by atoms with Crippen LogP contribution in [0.4, 0.5) is 5.13 Å². The molecule has 2 aromatic rings. The molecule has 1 aromatic carbocycles. The third-order valence-corrected chi connectivity index (χ3v) is 6.16. The number of likely N-dealkylation sites (N-methyl/N-ethyl adjacent to an activating group) is 1. The Morgan fingerprint density at radius 1 is 1.03 bits per heavy atom. The SMILES string of the molecule is CCN(CC)C(=O)CN1CCN(CC(=O)Nc2nc(-c3ccc(C)cc3)cs2)CC1. The summed E-state index contributed by atoms with van der Waals surface area (Å²) >= 11 is 1.44. The van der Waals surface area contributed by atoms with E-state index in [4.69, 9.17) is 0 Å². The fourth-order valence-electron chi connectivity index (χ4n) is 3.52. The highest BCUT2D eigenvalue weighted by atomic mass is 32.1. The van der Waals surface area contributed by atoms with Crippen LogP contribution in [0.15, 0.2) is 29.6 Å². The normalized spacial score (nSPS) is 15.2. The lowest BCUT2D eigenvalue weighted by Crippen LogP contribution is -2.51. The van der Waals surface area contributed by atoms with Crippen LogP contribution in [0.3, 0.4) is 0 Å². The topological polar surface area (TPSA) is 68.8 Å². The molecule has 0 radical (unpaired) electrons. The Balaban J connectivity index is 1.43. The third-order valence-electron chi connectivity index (χ3n) is 5.41. The second-order valence-corrected chi connectivity index (χ2v) is 8.43. The minimum Gasteiger partial charge on any atom is -0.342 e. The number of benzene rings is 1. The van der Waals surface area contributed by atoms with E-state index >= 15 is 0 Å². The average Bonchev–Trinajstić information content (AvgIpc) is 3.19. The van der Waals surface area contributed by atoms with Gasteiger partial charge < -0.3 is 10.2 Å². The second kappa shape index (κ2) is 10.7. The minimum absolute atomic E-state index is 0.0486. The van der Waals surface area contributed by atoms with Crippen molar-refractivity contribution < 1.29 is 9.59 Å². The summed E-state index contributed by atoms with van der Waals surface area (Å²) in [5.41, 5.74) is 3.13. The summed E-state index contributed by atoms with van der Waals surface area (Å²) in [5.74, 6) is 0.131. The number of anilines is 1. The van der Waals surface area contributed by atoms with Gasteiger partial charge in [0.25, 0.3) is 0 Å². The molecule has 2 heterocycles. The van der Waals surface area contributed by atoms with E-state index < -0.39 is 0 Å². The van der Waals surface area contributed by atoms with Crippen LogP contribution in [-0.2, 0) is 9.59 Å². The van der Waals surface area contributed by atoms with E-state index in [0.29, 0.717) is 18.2 Å². The number of rotatable bonds is 8. The summed E-state index contributed by atoms with van der Waals surface area (Å²) in [6, 6.07) is 8.20. The monoisotopic (exact) mass is 429 g/mol. The lowest BCUT2D eigenvalue weighted by molar-refractivity contribution is -0.132. The van der Waals surface area contributed by atoms with Crippen LogP contribution in [0, 0.1) is 6.92 Å². The molecular weight excluding hydrogens is 398 g/mol. The van der Waals surface area contributed by atoms with Gasteiger partial charge in [0.1, 0.15) is 0 Å². The van der Waals surface area contributed by atoms with E-state index in [2.05, 4.69) is 39.2 Å². The van der Waals surface area contributed by atoms with Crippen LogP contribution >= 0.6 is 11.3 Å². The molecule has 1 aromatic heterocycles. The summed E-state index contributed by atoms with van der Waals surface area (Å²) in [4.78, 5) is 35.4. The quantitative estimate of drug-likeness (QED) is 0.698. The first-order valence-corrected chi connectivity index (χ1v) is 11.4. The molecule has 0 atom stereocenters. The smallest absolute Gasteiger partial charge is 0.240 e. The molecule has 30 heavy (non-hydrogen) atoms. The Morgan fingerprint density at radius 2 is 1.63 bits per heavy atom. The number of hydrogen-bond donors (Lipinski definition) is 1. The molecule has 0 aliphatic carbocycles. The van der Waals surface area contributed by atoms with Gasteiger partial charge in [-0.25, -0.2) is 4.98 Å². The second-order valence-electron chi connectivity index (χ2n) is 7.57. The summed E-state index contributed by atoms with van der Waals surface area (Å²) in [5, 5.41) is 5.51. The van der Waals surface area contributed by atoms with Crippen molar-refractivity contribution in [2.75, 3.05) is 57.7 Å². The number of piperazine rings is 1. The van der Waals surface area contributed by atoms with Gasteiger partial charge >= 0.3 is 0 Å². The predicted octanol–water partition coefficient (Wildman–Crippen LogP) is 2.54. The molecule has 162 valence electrons. The average molecular weight is 430 g/mol. The number of nitrogens with one attached hydrogen (secondary N) is 1. The number of hydrogen-bond acceptors (Lipinski definition) is 6. The van der Waals surface area contributed by atoms with Crippen molar-refractivity contribution in [3.8, 4) is 11.3 Å². The van der Waals surface area contributed by atoms with Crippen LogP contribution in [0.25, 0.3) is 11.3 Å². The van der Waals surface area contributed by atoms with Crippen LogP contribution in [0.2, 0.25) is 0 Å². The Bertz CT molecular complexity index is 839. The van der Waals surface area contributed by atoms with Gasteiger partial charge in [0.15, 0.2) is 5.13 Å². The summed E-state index contributed by atoms with van der Waals surface area (Å²) < 4.78 is 0. The van der Waals surface area contributed by atoms with Crippen LogP contribution in [0.5, 0.6) is 0 Å². The Kier molecular flexibility index (Phi) is 7.95. The predicted molar refractivity (Wildman–Crippen MR) is 122 cm³/mol. The highest BCUT2D eigenvalue weighted by molar-refractivity contribution is 7.14. The van der Waals surface area contributed by atoms with Gasteiger partial charge in [-0.3, -0.25) is 19.4 Å². The molecule has 3 rings (SSSR count). The molecule has 7 nitrogen and oxygen atoms in total. The van der Waals surface area contributed by atoms with Crippen LogP contribution in [0.1, 0.15) is 19.4 Å². The van der Waals surface area contributed by atoms with Crippen LogP contribution < -0.4 is 5.32 Å². The highest BCUT2D eigenvalue weighted by Gasteiger charge is 2.22. The molecule has 0 unspecified atom stereocenters. The largest absolute Gasteiger partial charge is 0.342 e. The van der Waals surface area contributed by atoms with Gasteiger partial charge in [0.2, 0.25) is 11.8 Å². The summed E-state index contributed by atoms with van der Waals surface area (Å²) in [7, 11) is 0. The number of aryl methyl sites for hydroxylation is 1. The Labute approximate surface area is 182 Å². The maximum absolute atomic E-state index is 12.4. The molecule has 1 N–H and O–H groups in total. The molecule has 1 saturated heterocycles. The van der Waals surface area contributed by atoms with Gasteiger partial charge in [-0.2, -0.15) is 0 Å². The first-order valence-electron chi connectivity index (χ1n) is 10.5. The van der Waals surface area contributed by atoms with Crippen LogP contribution in [-0.4, -0.2) is 83.9 Å². The van der Waals surface area contributed by atoms with E-state index in [1.807, 2.05) is 36.3 Å². The number of carbonyl (C=O) groups excluding carboxylic acids is 2. The minimum atomic E-state index is -0.0486. The Hall–Kier alpha value is -2.29. The van der Waals surface area contributed by atoms with Gasteiger partial charge in [0.05, 0.1) is 18.8 Å². The molecule has 1 fully saturated rings. The molecule has 0 spiro atoms. The number of nitrogens with zero attached hydrogens (tertiary/aromatic N) is 4.